The second kappa shape index (κ2) is 7.85. The fraction of sp³-hybridized carbons (Fsp3) is 0.400. The number of carboxylic acid groups (broad SMARTS) is 1. The Morgan fingerprint density at radius 1 is 1.12 bits per heavy atom. The van der Waals surface area contributed by atoms with Gasteiger partial charge in [0.1, 0.15) is 0 Å². The molecule has 1 saturated heterocycles. The van der Waals surface area contributed by atoms with E-state index in [0.29, 0.717) is 12.1 Å². The maximum absolute atomic E-state index is 12.8. The number of carboxylic acids is 1. The van der Waals surface area contributed by atoms with Gasteiger partial charge < -0.3 is 14.4 Å². The molecule has 26 heavy (non-hydrogen) atoms. The Hall–Kier alpha value is -2.44. The Kier molecular flexibility index (Phi) is 5.54. The molecule has 2 aromatic rings. The van der Waals surface area contributed by atoms with E-state index in [4.69, 9.17) is 9.84 Å². The molecule has 6 heteroatoms. The van der Waals surface area contributed by atoms with Crippen LogP contribution in [0.15, 0.2) is 47.4 Å². The lowest BCUT2D eigenvalue weighted by atomic mass is 10.1. The molecule has 0 aliphatic carbocycles. The van der Waals surface area contributed by atoms with Crippen molar-refractivity contribution in [3.8, 4) is 11.1 Å². The van der Waals surface area contributed by atoms with Crippen molar-refractivity contribution in [2.24, 2.45) is 0 Å². The van der Waals surface area contributed by atoms with Gasteiger partial charge in [0.05, 0.1) is 17.8 Å². The molecule has 2 unspecified atom stereocenters. The van der Waals surface area contributed by atoms with Gasteiger partial charge in [-0.15, -0.1) is 0 Å². The van der Waals surface area contributed by atoms with Crippen LogP contribution in [0.25, 0.3) is 11.1 Å². The van der Waals surface area contributed by atoms with E-state index < -0.39 is 5.97 Å². The van der Waals surface area contributed by atoms with Crippen molar-refractivity contribution in [1.82, 2.24) is 9.47 Å². The minimum atomic E-state index is -0.976. The summed E-state index contributed by atoms with van der Waals surface area (Å²) in [5, 5.41) is 9.00. The Morgan fingerprint density at radius 3 is 2.38 bits per heavy atom. The average molecular weight is 356 g/mol. The number of hydrogen-bond acceptors (Lipinski definition) is 4. The zero-order valence-corrected chi connectivity index (χ0v) is 15.1. The van der Waals surface area contributed by atoms with Crippen LogP contribution in [0.4, 0.5) is 0 Å². The molecule has 0 amide bonds. The second-order valence-electron chi connectivity index (χ2n) is 6.82. The molecular formula is C20H24N2O4. The monoisotopic (exact) mass is 356 g/mol. The summed E-state index contributed by atoms with van der Waals surface area (Å²) in [6.45, 7) is 7.27. The molecule has 1 aromatic heterocycles. The first-order valence-corrected chi connectivity index (χ1v) is 8.85. The fourth-order valence-corrected chi connectivity index (χ4v) is 3.44. The largest absolute Gasteiger partial charge is 0.478 e. The van der Waals surface area contributed by atoms with Gasteiger partial charge in [-0.3, -0.25) is 9.69 Å². The Morgan fingerprint density at radius 2 is 1.77 bits per heavy atom. The van der Waals surface area contributed by atoms with Crippen LogP contribution in [-0.2, 0) is 11.3 Å². The van der Waals surface area contributed by atoms with E-state index in [2.05, 4.69) is 18.7 Å². The van der Waals surface area contributed by atoms with Crippen LogP contribution < -0.4 is 5.56 Å². The van der Waals surface area contributed by atoms with Gasteiger partial charge in [0, 0.05) is 37.9 Å². The molecule has 6 nitrogen and oxygen atoms in total. The van der Waals surface area contributed by atoms with Crippen molar-refractivity contribution in [2.45, 2.75) is 32.6 Å². The molecule has 1 fully saturated rings. The van der Waals surface area contributed by atoms with E-state index in [9.17, 15) is 9.59 Å². The van der Waals surface area contributed by atoms with Gasteiger partial charge in [0.2, 0.25) is 0 Å². The normalized spacial score (nSPS) is 20.8. The summed E-state index contributed by atoms with van der Waals surface area (Å²) in [4.78, 5) is 26.1. The summed E-state index contributed by atoms with van der Waals surface area (Å²) in [6, 6.07) is 10.0. The third-order valence-corrected chi connectivity index (χ3v) is 4.62. The minimum absolute atomic E-state index is 0.0649. The SMILES string of the molecule is CC1CN(CCn2cccc(-c3ccc(C(=O)O)cc3)c2=O)CC(C)O1. The molecule has 1 aliphatic rings. The highest BCUT2D eigenvalue weighted by Crippen LogP contribution is 2.16. The standard InChI is InChI=1S/C20H24N2O4/c1-14-12-21(13-15(2)26-14)10-11-22-9-3-4-18(19(22)23)16-5-7-17(8-6-16)20(24)25/h3-9,14-15H,10-13H2,1-2H3,(H,24,25). The number of rotatable bonds is 5. The van der Waals surface area contributed by atoms with Gasteiger partial charge in [-0.25, -0.2) is 4.79 Å². The van der Waals surface area contributed by atoms with Gasteiger partial charge >= 0.3 is 5.97 Å². The number of morpholine rings is 1. The van der Waals surface area contributed by atoms with Crippen molar-refractivity contribution in [1.29, 1.82) is 0 Å². The van der Waals surface area contributed by atoms with Crippen LogP contribution in [0.3, 0.4) is 0 Å². The summed E-state index contributed by atoms with van der Waals surface area (Å²) in [5.74, 6) is -0.976. The number of carbonyl (C=O) groups is 1. The van der Waals surface area contributed by atoms with E-state index in [1.165, 1.54) is 12.1 Å². The first-order valence-electron chi connectivity index (χ1n) is 8.85. The number of aromatic nitrogens is 1. The Balaban J connectivity index is 1.75. The lowest BCUT2D eigenvalue weighted by Gasteiger charge is -2.35. The fourth-order valence-electron chi connectivity index (χ4n) is 3.44. The van der Waals surface area contributed by atoms with Crippen LogP contribution in [0.5, 0.6) is 0 Å². The molecule has 138 valence electrons. The molecule has 1 aromatic carbocycles. The first kappa shape index (κ1) is 18.4. The van der Waals surface area contributed by atoms with Crippen LogP contribution in [0.1, 0.15) is 24.2 Å². The topological polar surface area (TPSA) is 71.8 Å². The number of ether oxygens (including phenoxy) is 1. The molecule has 2 atom stereocenters. The van der Waals surface area contributed by atoms with Gasteiger partial charge in [-0.05, 0) is 43.7 Å². The molecular weight excluding hydrogens is 332 g/mol. The maximum Gasteiger partial charge on any atom is 0.335 e. The van der Waals surface area contributed by atoms with Gasteiger partial charge in [-0.1, -0.05) is 12.1 Å². The van der Waals surface area contributed by atoms with Gasteiger partial charge in [-0.2, -0.15) is 0 Å². The number of hydrogen-bond donors (Lipinski definition) is 1. The molecule has 0 radical (unpaired) electrons. The van der Waals surface area contributed by atoms with Crippen molar-refractivity contribution < 1.29 is 14.6 Å². The highest BCUT2D eigenvalue weighted by molar-refractivity contribution is 5.88. The maximum atomic E-state index is 12.8. The third-order valence-electron chi connectivity index (χ3n) is 4.62. The third kappa shape index (κ3) is 4.20. The first-order chi connectivity index (χ1) is 12.4. The van der Waals surface area contributed by atoms with E-state index in [0.717, 1.165) is 25.2 Å². The Labute approximate surface area is 152 Å². The van der Waals surface area contributed by atoms with Crippen molar-refractivity contribution >= 4 is 5.97 Å². The van der Waals surface area contributed by atoms with E-state index in [1.807, 2.05) is 6.07 Å². The summed E-state index contributed by atoms with van der Waals surface area (Å²) in [6.07, 6.45) is 2.20. The number of aromatic carboxylic acids is 1. The molecule has 2 heterocycles. The number of nitrogens with zero attached hydrogens (tertiary/aromatic N) is 2. The van der Waals surface area contributed by atoms with Gasteiger partial charge in [0.25, 0.3) is 5.56 Å². The van der Waals surface area contributed by atoms with Crippen molar-refractivity contribution in [2.75, 3.05) is 19.6 Å². The summed E-state index contributed by atoms with van der Waals surface area (Å²) in [5.41, 5.74) is 1.45. The Bertz CT molecular complexity index is 818. The summed E-state index contributed by atoms with van der Waals surface area (Å²) < 4.78 is 7.46. The van der Waals surface area contributed by atoms with E-state index in [1.54, 1.807) is 29.0 Å². The lowest BCUT2D eigenvalue weighted by Crippen LogP contribution is -2.46. The van der Waals surface area contributed by atoms with E-state index >= 15 is 0 Å². The molecule has 3 rings (SSSR count). The van der Waals surface area contributed by atoms with E-state index in [-0.39, 0.29) is 23.3 Å². The average Bonchev–Trinajstić information content (AvgIpc) is 2.60. The van der Waals surface area contributed by atoms with Crippen LogP contribution in [0, 0.1) is 0 Å². The summed E-state index contributed by atoms with van der Waals surface area (Å²) in [7, 11) is 0. The molecule has 0 saturated carbocycles. The minimum Gasteiger partial charge on any atom is -0.478 e. The zero-order valence-electron chi connectivity index (χ0n) is 15.1. The number of benzene rings is 1. The highest BCUT2D eigenvalue weighted by atomic mass is 16.5. The molecule has 0 bridgehead atoms. The predicted octanol–water partition coefficient (Wildman–Crippen LogP) is 2.32. The predicted molar refractivity (Wildman–Crippen MR) is 99.5 cm³/mol. The summed E-state index contributed by atoms with van der Waals surface area (Å²) >= 11 is 0. The smallest absolute Gasteiger partial charge is 0.335 e. The molecule has 1 N–H and O–H groups in total. The highest BCUT2D eigenvalue weighted by Gasteiger charge is 2.21. The lowest BCUT2D eigenvalue weighted by molar-refractivity contribution is -0.0686. The van der Waals surface area contributed by atoms with Crippen LogP contribution >= 0.6 is 0 Å². The van der Waals surface area contributed by atoms with Gasteiger partial charge in [0.15, 0.2) is 0 Å². The molecule has 0 spiro atoms. The quantitative estimate of drug-likeness (QED) is 0.890. The number of pyridine rings is 1. The van der Waals surface area contributed by atoms with Crippen molar-refractivity contribution in [3.05, 3.63) is 58.5 Å². The van der Waals surface area contributed by atoms with Crippen LogP contribution in [-0.4, -0.2) is 52.4 Å². The molecule has 1 aliphatic heterocycles. The van der Waals surface area contributed by atoms with Crippen LogP contribution in [0.2, 0.25) is 0 Å². The van der Waals surface area contributed by atoms with Crippen molar-refractivity contribution in [3.63, 3.8) is 0 Å². The zero-order chi connectivity index (χ0) is 18.7. The second-order valence-corrected chi connectivity index (χ2v) is 6.82.